The van der Waals surface area contributed by atoms with E-state index in [4.69, 9.17) is 21.7 Å². The summed E-state index contributed by atoms with van der Waals surface area (Å²) in [7, 11) is 3.33. The molecule has 0 atom stereocenters. The fourth-order valence-corrected chi connectivity index (χ4v) is 3.19. The van der Waals surface area contributed by atoms with E-state index in [1.807, 2.05) is 36.4 Å². The first-order valence-electron chi connectivity index (χ1n) is 9.46. The predicted molar refractivity (Wildman–Crippen MR) is 123 cm³/mol. The summed E-state index contributed by atoms with van der Waals surface area (Å²) < 4.78 is 10.5. The van der Waals surface area contributed by atoms with Gasteiger partial charge in [-0.3, -0.25) is 0 Å². The molecule has 3 aromatic rings. The van der Waals surface area contributed by atoms with E-state index in [9.17, 15) is 0 Å². The number of ether oxygens (including phenoxy) is 2. The molecule has 150 valence electrons. The fraction of sp³-hybridized carbons (Fsp3) is 0.208. The minimum atomic E-state index is 0.673. The molecule has 29 heavy (non-hydrogen) atoms. The van der Waals surface area contributed by atoms with Crippen molar-refractivity contribution in [1.29, 1.82) is 0 Å². The van der Waals surface area contributed by atoms with E-state index in [1.165, 1.54) is 11.1 Å². The number of nitrogens with one attached hydrogen (secondary N) is 1. The van der Waals surface area contributed by atoms with Gasteiger partial charge in [-0.1, -0.05) is 42.0 Å². The lowest BCUT2D eigenvalue weighted by atomic mass is 10.1. The molecule has 3 rings (SSSR count). The van der Waals surface area contributed by atoms with E-state index in [-0.39, 0.29) is 0 Å². The van der Waals surface area contributed by atoms with E-state index in [2.05, 4.69) is 53.5 Å². The largest absolute Gasteiger partial charge is 0.497 e. The van der Waals surface area contributed by atoms with Gasteiger partial charge in [0, 0.05) is 18.8 Å². The number of anilines is 1. The van der Waals surface area contributed by atoms with Crippen LogP contribution in [-0.4, -0.2) is 24.2 Å². The predicted octanol–water partition coefficient (Wildman–Crippen LogP) is 5.41. The fourth-order valence-electron chi connectivity index (χ4n) is 2.94. The van der Waals surface area contributed by atoms with Crippen LogP contribution in [0.3, 0.4) is 0 Å². The minimum absolute atomic E-state index is 0.673. The molecule has 3 aromatic carbocycles. The van der Waals surface area contributed by atoms with Gasteiger partial charge >= 0.3 is 0 Å². The maximum atomic E-state index is 5.75. The Morgan fingerprint density at radius 2 is 1.21 bits per heavy atom. The maximum absolute atomic E-state index is 5.75. The van der Waals surface area contributed by atoms with Crippen molar-refractivity contribution in [3.05, 3.63) is 89.5 Å². The highest BCUT2D eigenvalue weighted by molar-refractivity contribution is 7.80. The third-order valence-corrected chi connectivity index (χ3v) is 5.02. The summed E-state index contributed by atoms with van der Waals surface area (Å²) in [5.41, 5.74) is 4.55. The summed E-state index contributed by atoms with van der Waals surface area (Å²) in [6.45, 7) is 3.50. The smallest absolute Gasteiger partial charge is 0.174 e. The first-order chi connectivity index (χ1) is 14.1. The summed E-state index contributed by atoms with van der Waals surface area (Å²) in [4.78, 5) is 2.16. The van der Waals surface area contributed by atoms with Crippen molar-refractivity contribution in [3.8, 4) is 11.5 Å². The Kier molecular flexibility index (Phi) is 7.09. The number of hydrogen-bond acceptors (Lipinski definition) is 3. The zero-order valence-corrected chi connectivity index (χ0v) is 17.8. The average molecular weight is 407 g/mol. The molecule has 4 nitrogen and oxygen atoms in total. The van der Waals surface area contributed by atoms with E-state index in [1.54, 1.807) is 14.2 Å². The van der Waals surface area contributed by atoms with Crippen LogP contribution in [0.5, 0.6) is 11.5 Å². The molecule has 0 saturated carbocycles. The van der Waals surface area contributed by atoms with Gasteiger partial charge in [-0.2, -0.15) is 0 Å². The number of rotatable bonds is 7. The van der Waals surface area contributed by atoms with Crippen molar-refractivity contribution in [2.45, 2.75) is 20.0 Å². The van der Waals surface area contributed by atoms with Crippen LogP contribution in [-0.2, 0) is 13.1 Å². The molecule has 0 aliphatic carbocycles. The molecule has 0 radical (unpaired) electrons. The molecule has 0 unspecified atom stereocenters. The van der Waals surface area contributed by atoms with Gasteiger partial charge in [-0.05, 0) is 66.7 Å². The summed E-state index contributed by atoms with van der Waals surface area (Å²) in [5, 5.41) is 4.02. The summed E-state index contributed by atoms with van der Waals surface area (Å²) in [5.74, 6) is 1.66. The Balaban J connectivity index is 1.77. The minimum Gasteiger partial charge on any atom is -0.497 e. The van der Waals surface area contributed by atoms with Gasteiger partial charge in [0.2, 0.25) is 0 Å². The van der Waals surface area contributed by atoms with Gasteiger partial charge in [0.05, 0.1) is 14.2 Å². The van der Waals surface area contributed by atoms with E-state index < -0.39 is 0 Å². The third-order valence-electron chi connectivity index (χ3n) is 4.66. The summed E-state index contributed by atoms with van der Waals surface area (Å²) in [6, 6.07) is 24.4. The zero-order valence-electron chi connectivity index (χ0n) is 17.0. The van der Waals surface area contributed by atoms with Crippen LogP contribution < -0.4 is 14.8 Å². The average Bonchev–Trinajstić information content (AvgIpc) is 2.76. The van der Waals surface area contributed by atoms with E-state index in [0.29, 0.717) is 18.2 Å². The lowest BCUT2D eigenvalue weighted by molar-refractivity contribution is 0.407. The van der Waals surface area contributed by atoms with Crippen LogP contribution in [0.4, 0.5) is 5.69 Å². The molecule has 0 aromatic heterocycles. The second-order valence-corrected chi connectivity index (χ2v) is 7.24. The summed E-state index contributed by atoms with van der Waals surface area (Å²) in [6.07, 6.45) is 0. The van der Waals surface area contributed by atoms with Gasteiger partial charge in [0.1, 0.15) is 11.5 Å². The molecule has 0 aliphatic heterocycles. The Morgan fingerprint density at radius 1 is 0.759 bits per heavy atom. The highest BCUT2D eigenvalue weighted by Gasteiger charge is 2.12. The third kappa shape index (κ3) is 5.96. The first kappa shape index (κ1) is 20.7. The normalized spacial score (nSPS) is 10.3. The van der Waals surface area contributed by atoms with Gasteiger partial charge in [-0.25, -0.2) is 0 Å². The van der Waals surface area contributed by atoms with Crippen molar-refractivity contribution in [2.75, 3.05) is 19.5 Å². The van der Waals surface area contributed by atoms with Gasteiger partial charge in [0.25, 0.3) is 0 Å². The van der Waals surface area contributed by atoms with Crippen LogP contribution in [0.2, 0.25) is 0 Å². The number of aryl methyl sites for hydroxylation is 1. The molecule has 0 fully saturated rings. The van der Waals surface area contributed by atoms with Gasteiger partial charge in [-0.15, -0.1) is 0 Å². The zero-order chi connectivity index (χ0) is 20.6. The van der Waals surface area contributed by atoms with E-state index in [0.717, 1.165) is 22.7 Å². The van der Waals surface area contributed by atoms with Crippen LogP contribution in [0.1, 0.15) is 16.7 Å². The molecule has 1 N–H and O–H groups in total. The number of methoxy groups -OCH3 is 2. The monoisotopic (exact) mass is 406 g/mol. The Bertz CT molecular complexity index is 923. The van der Waals surface area contributed by atoms with E-state index >= 15 is 0 Å². The SMILES string of the molecule is COc1ccc(CN(Cc2ccc(C)cc2)C(=S)Nc2ccc(OC)cc2)cc1. The first-order valence-corrected chi connectivity index (χ1v) is 9.86. The molecule has 0 aliphatic rings. The number of nitrogens with zero attached hydrogens (tertiary/aromatic N) is 1. The second-order valence-electron chi connectivity index (χ2n) is 6.85. The van der Waals surface area contributed by atoms with Crippen molar-refractivity contribution in [3.63, 3.8) is 0 Å². The van der Waals surface area contributed by atoms with Crippen molar-refractivity contribution in [2.24, 2.45) is 0 Å². The van der Waals surface area contributed by atoms with Gasteiger partial charge in [0.15, 0.2) is 5.11 Å². The standard InChI is InChI=1S/C24H26N2O2S/c1-18-4-6-19(7-5-18)16-26(17-20-8-12-22(27-2)13-9-20)24(29)25-21-10-14-23(28-3)15-11-21/h4-15H,16-17H2,1-3H3,(H,25,29). The molecule has 0 heterocycles. The molecule has 0 amide bonds. The van der Waals surface area contributed by atoms with Gasteiger partial charge < -0.3 is 19.7 Å². The number of benzene rings is 3. The highest BCUT2D eigenvalue weighted by Crippen LogP contribution is 2.19. The Labute approximate surface area is 178 Å². The topological polar surface area (TPSA) is 33.7 Å². The molecule has 0 bridgehead atoms. The van der Waals surface area contributed by atoms with Crippen molar-refractivity contribution in [1.82, 2.24) is 4.90 Å². The maximum Gasteiger partial charge on any atom is 0.174 e. The molecular weight excluding hydrogens is 380 g/mol. The van der Waals surface area contributed by atoms with Crippen LogP contribution in [0.25, 0.3) is 0 Å². The lowest BCUT2D eigenvalue weighted by Crippen LogP contribution is -2.33. The highest BCUT2D eigenvalue weighted by atomic mass is 32.1. The molecule has 0 saturated heterocycles. The number of thiocarbonyl (C=S) groups is 1. The van der Waals surface area contributed by atoms with Crippen LogP contribution in [0, 0.1) is 6.92 Å². The molecular formula is C24H26N2O2S. The van der Waals surface area contributed by atoms with Crippen molar-refractivity contribution >= 4 is 23.0 Å². The molecule has 5 heteroatoms. The number of hydrogen-bond donors (Lipinski definition) is 1. The lowest BCUT2D eigenvalue weighted by Gasteiger charge is -2.26. The Hall–Kier alpha value is -3.05. The molecule has 0 spiro atoms. The van der Waals surface area contributed by atoms with Crippen LogP contribution in [0.15, 0.2) is 72.8 Å². The summed E-state index contributed by atoms with van der Waals surface area (Å²) >= 11 is 5.75. The quantitative estimate of drug-likeness (QED) is 0.531. The van der Waals surface area contributed by atoms with Crippen molar-refractivity contribution < 1.29 is 9.47 Å². The Morgan fingerprint density at radius 3 is 1.69 bits per heavy atom. The van der Waals surface area contributed by atoms with Crippen LogP contribution >= 0.6 is 12.2 Å². The second kappa shape index (κ2) is 9.94.